The van der Waals surface area contributed by atoms with Crippen LogP contribution in [0.5, 0.6) is 0 Å². The van der Waals surface area contributed by atoms with Crippen LogP contribution in [0.4, 0.5) is 10.5 Å². The molecule has 1 aromatic carbocycles. The molecule has 6 heteroatoms. The molecular formula is C18H25N3O3. The molecule has 3 amide bonds. The maximum Gasteiger partial charge on any atom is 0.319 e. The van der Waals surface area contributed by atoms with Gasteiger partial charge >= 0.3 is 6.03 Å². The van der Waals surface area contributed by atoms with E-state index < -0.39 is 0 Å². The summed E-state index contributed by atoms with van der Waals surface area (Å²) in [6, 6.07) is 5.23. The quantitative estimate of drug-likeness (QED) is 0.891. The molecule has 24 heavy (non-hydrogen) atoms. The summed E-state index contributed by atoms with van der Waals surface area (Å²) in [6.07, 6.45) is 4.20. The van der Waals surface area contributed by atoms with Crippen LogP contribution in [0, 0.1) is 6.92 Å². The lowest BCUT2D eigenvalue weighted by Crippen LogP contribution is -2.36. The van der Waals surface area contributed by atoms with Crippen molar-refractivity contribution in [1.29, 1.82) is 0 Å². The highest BCUT2D eigenvalue weighted by molar-refractivity contribution is 6.04. The molecule has 2 saturated heterocycles. The number of benzene rings is 1. The summed E-state index contributed by atoms with van der Waals surface area (Å²) in [7, 11) is 0. The molecule has 130 valence electrons. The number of anilines is 1. The number of hydrogen-bond acceptors (Lipinski definition) is 3. The summed E-state index contributed by atoms with van der Waals surface area (Å²) in [6.45, 7) is 4.74. The topological polar surface area (TPSA) is 70.7 Å². The van der Waals surface area contributed by atoms with E-state index in [-0.39, 0.29) is 18.0 Å². The largest absolute Gasteiger partial charge is 0.376 e. The third-order valence-corrected chi connectivity index (χ3v) is 4.64. The van der Waals surface area contributed by atoms with Gasteiger partial charge in [0.2, 0.25) is 0 Å². The Hall–Kier alpha value is -2.08. The Morgan fingerprint density at radius 3 is 2.75 bits per heavy atom. The lowest BCUT2D eigenvalue weighted by atomic mass is 10.1. The van der Waals surface area contributed by atoms with Crippen LogP contribution in [0.2, 0.25) is 0 Å². The number of carbonyl (C=O) groups excluding carboxylic acids is 2. The van der Waals surface area contributed by atoms with Gasteiger partial charge in [-0.1, -0.05) is 12.1 Å². The minimum absolute atomic E-state index is 0.0000243. The first-order valence-corrected chi connectivity index (χ1v) is 8.70. The average molecular weight is 331 g/mol. The lowest BCUT2D eigenvalue weighted by Gasteiger charge is -2.20. The van der Waals surface area contributed by atoms with Gasteiger partial charge in [0, 0.05) is 26.2 Å². The molecule has 2 fully saturated rings. The van der Waals surface area contributed by atoms with Gasteiger partial charge in [-0.3, -0.25) is 4.79 Å². The van der Waals surface area contributed by atoms with Gasteiger partial charge in [-0.25, -0.2) is 4.79 Å². The van der Waals surface area contributed by atoms with Crippen molar-refractivity contribution < 1.29 is 14.3 Å². The molecular weight excluding hydrogens is 306 g/mol. The minimum Gasteiger partial charge on any atom is -0.376 e. The summed E-state index contributed by atoms with van der Waals surface area (Å²) < 4.78 is 5.50. The Bertz CT molecular complexity index is 606. The summed E-state index contributed by atoms with van der Waals surface area (Å²) >= 11 is 0. The zero-order valence-electron chi connectivity index (χ0n) is 14.1. The standard InChI is InChI=1S/C18H25N3O3/c1-13-6-4-8-15(16(13)17(22)21-9-2-3-10-21)20-18(23)19-12-14-7-5-11-24-14/h4,6,8,14H,2-3,5,7,9-12H2,1H3,(H2,19,20,23). The van der Waals surface area contributed by atoms with Crippen molar-refractivity contribution in [1.82, 2.24) is 10.2 Å². The van der Waals surface area contributed by atoms with Crippen LogP contribution in [-0.2, 0) is 4.74 Å². The van der Waals surface area contributed by atoms with E-state index in [0.29, 0.717) is 17.8 Å². The maximum absolute atomic E-state index is 12.8. The van der Waals surface area contributed by atoms with Gasteiger partial charge in [-0.15, -0.1) is 0 Å². The molecule has 2 heterocycles. The van der Waals surface area contributed by atoms with Gasteiger partial charge in [-0.05, 0) is 44.2 Å². The second-order valence-corrected chi connectivity index (χ2v) is 6.47. The first-order valence-electron chi connectivity index (χ1n) is 8.70. The highest BCUT2D eigenvalue weighted by Gasteiger charge is 2.24. The second kappa shape index (κ2) is 7.66. The van der Waals surface area contributed by atoms with Gasteiger partial charge in [-0.2, -0.15) is 0 Å². The van der Waals surface area contributed by atoms with Gasteiger partial charge in [0.15, 0.2) is 0 Å². The van der Waals surface area contributed by atoms with Gasteiger partial charge < -0.3 is 20.3 Å². The highest BCUT2D eigenvalue weighted by atomic mass is 16.5. The van der Waals surface area contributed by atoms with Crippen molar-refractivity contribution in [3.05, 3.63) is 29.3 Å². The molecule has 1 unspecified atom stereocenters. The molecule has 2 N–H and O–H groups in total. The van der Waals surface area contributed by atoms with Crippen LogP contribution < -0.4 is 10.6 Å². The number of nitrogens with one attached hydrogen (secondary N) is 2. The van der Waals surface area contributed by atoms with Crippen LogP contribution in [0.1, 0.15) is 41.6 Å². The SMILES string of the molecule is Cc1cccc(NC(=O)NCC2CCCO2)c1C(=O)N1CCCC1. The molecule has 2 aliphatic rings. The second-order valence-electron chi connectivity index (χ2n) is 6.47. The molecule has 1 atom stereocenters. The zero-order valence-corrected chi connectivity index (χ0v) is 14.1. The molecule has 0 bridgehead atoms. The third kappa shape index (κ3) is 3.87. The van der Waals surface area contributed by atoms with Crippen LogP contribution >= 0.6 is 0 Å². The van der Waals surface area contributed by atoms with E-state index in [1.54, 1.807) is 6.07 Å². The molecule has 3 rings (SSSR count). The fraction of sp³-hybridized carbons (Fsp3) is 0.556. The van der Waals surface area contributed by atoms with Crippen LogP contribution in [0.25, 0.3) is 0 Å². The van der Waals surface area contributed by atoms with Crippen molar-refractivity contribution in [3.8, 4) is 0 Å². The number of rotatable bonds is 4. The Morgan fingerprint density at radius 2 is 2.04 bits per heavy atom. The molecule has 6 nitrogen and oxygen atoms in total. The van der Waals surface area contributed by atoms with Gasteiger partial charge in [0.1, 0.15) is 0 Å². The molecule has 2 aliphatic heterocycles. The predicted molar refractivity (Wildman–Crippen MR) is 92.3 cm³/mol. The average Bonchev–Trinajstić information content (AvgIpc) is 3.26. The lowest BCUT2D eigenvalue weighted by molar-refractivity contribution is 0.0793. The van der Waals surface area contributed by atoms with Crippen molar-refractivity contribution in [3.63, 3.8) is 0 Å². The Kier molecular flexibility index (Phi) is 5.35. The van der Waals surface area contributed by atoms with Crippen molar-refractivity contribution >= 4 is 17.6 Å². The van der Waals surface area contributed by atoms with Crippen LogP contribution in [0.15, 0.2) is 18.2 Å². The Labute approximate surface area is 142 Å². The van der Waals surface area contributed by atoms with E-state index in [4.69, 9.17) is 4.74 Å². The first kappa shape index (κ1) is 16.8. The number of urea groups is 1. The number of aryl methyl sites for hydroxylation is 1. The van der Waals surface area contributed by atoms with E-state index in [1.807, 2.05) is 24.0 Å². The molecule has 0 aromatic heterocycles. The van der Waals surface area contributed by atoms with Crippen molar-refractivity contribution in [2.24, 2.45) is 0 Å². The number of carbonyl (C=O) groups is 2. The van der Waals surface area contributed by atoms with Gasteiger partial charge in [0.25, 0.3) is 5.91 Å². The number of amides is 3. The fourth-order valence-electron chi connectivity index (χ4n) is 3.31. The summed E-state index contributed by atoms with van der Waals surface area (Å²) in [5.74, 6) is 0.0000243. The smallest absolute Gasteiger partial charge is 0.319 e. The molecule has 0 saturated carbocycles. The van der Waals surface area contributed by atoms with Gasteiger partial charge in [0.05, 0.1) is 17.4 Å². The molecule has 0 radical (unpaired) electrons. The summed E-state index contributed by atoms with van der Waals surface area (Å²) in [5, 5.41) is 5.65. The maximum atomic E-state index is 12.8. The summed E-state index contributed by atoms with van der Waals surface area (Å²) in [5.41, 5.74) is 2.03. The first-order chi connectivity index (χ1) is 11.6. The predicted octanol–water partition coefficient (Wildman–Crippen LogP) is 2.53. The van der Waals surface area contributed by atoms with Crippen LogP contribution in [-0.4, -0.2) is 49.2 Å². The minimum atomic E-state index is -0.299. The third-order valence-electron chi connectivity index (χ3n) is 4.64. The molecule has 0 aliphatic carbocycles. The van der Waals surface area contributed by atoms with E-state index in [0.717, 1.165) is 50.9 Å². The van der Waals surface area contributed by atoms with E-state index >= 15 is 0 Å². The number of hydrogen-bond donors (Lipinski definition) is 2. The molecule has 1 aromatic rings. The zero-order chi connectivity index (χ0) is 16.9. The van der Waals surface area contributed by atoms with E-state index in [2.05, 4.69) is 10.6 Å². The normalized spacial score (nSPS) is 20.2. The number of likely N-dealkylation sites (tertiary alicyclic amines) is 1. The number of nitrogens with zero attached hydrogens (tertiary/aromatic N) is 1. The highest BCUT2D eigenvalue weighted by Crippen LogP contribution is 2.23. The van der Waals surface area contributed by atoms with Crippen LogP contribution in [0.3, 0.4) is 0 Å². The monoisotopic (exact) mass is 331 g/mol. The molecule has 0 spiro atoms. The van der Waals surface area contributed by atoms with Crippen molar-refractivity contribution in [2.45, 2.75) is 38.7 Å². The van der Waals surface area contributed by atoms with E-state index in [9.17, 15) is 9.59 Å². The number of ether oxygens (including phenoxy) is 1. The fourth-order valence-corrected chi connectivity index (χ4v) is 3.31. The Balaban J connectivity index is 1.66. The van der Waals surface area contributed by atoms with Crippen molar-refractivity contribution in [2.75, 3.05) is 31.6 Å². The Morgan fingerprint density at radius 1 is 1.25 bits per heavy atom. The summed E-state index contributed by atoms with van der Waals surface area (Å²) in [4.78, 5) is 26.8. The van der Waals surface area contributed by atoms with E-state index in [1.165, 1.54) is 0 Å².